The van der Waals surface area contributed by atoms with Crippen molar-refractivity contribution in [2.24, 2.45) is 0 Å². The molecule has 3 rings (SSSR count). The van der Waals surface area contributed by atoms with Crippen LogP contribution in [-0.4, -0.2) is 83.0 Å². The number of rotatable bonds is 6. The van der Waals surface area contributed by atoms with Crippen LogP contribution in [-0.2, 0) is 11.2 Å². The Hall–Kier alpha value is -1.30. The van der Waals surface area contributed by atoms with E-state index < -0.39 is 0 Å². The number of morpholine rings is 1. The lowest BCUT2D eigenvalue weighted by Gasteiger charge is -2.32. The van der Waals surface area contributed by atoms with Gasteiger partial charge in [-0.05, 0) is 38.1 Å². The number of ether oxygens (including phenoxy) is 2. The van der Waals surface area contributed by atoms with Crippen molar-refractivity contribution in [3.63, 3.8) is 0 Å². The maximum absolute atomic E-state index is 5.66. The molecule has 134 valence electrons. The Bertz CT molecular complexity index is 509. The van der Waals surface area contributed by atoms with Gasteiger partial charge in [-0.2, -0.15) is 0 Å². The standard InChI is InChI=1S/C19H31N3O2/c1-20-8-10-21(11-9-20)7-3-4-17-5-6-18(16-19(17)23-2)22-12-14-24-15-13-22/h5-6,16H,3-4,7-15H2,1-2H3. The van der Waals surface area contributed by atoms with E-state index in [2.05, 4.69) is 39.9 Å². The minimum Gasteiger partial charge on any atom is -0.496 e. The molecule has 0 amide bonds. The number of likely N-dealkylation sites (N-methyl/N-ethyl adjacent to an activating group) is 1. The molecule has 0 saturated carbocycles. The zero-order chi connectivity index (χ0) is 16.8. The maximum atomic E-state index is 5.66. The van der Waals surface area contributed by atoms with Gasteiger partial charge in [-0.1, -0.05) is 6.07 Å². The van der Waals surface area contributed by atoms with Gasteiger partial charge in [0.1, 0.15) is 5.75 Å². The topological polar surface area (TPSA) is 28.2 Å². The Balaban J connectivity index is 1.53. The first-order valence-corrected chi connectivity index (χ1v) is 9.17. The molecule has 2 heterocycles. The second-order valence-electron chi connectivity index (χ2n) is 6.84. The Kier molecular flexibility index (Phi) is 6.35. The molecule has 1 aromatic carbocycles. The van der Waals surface area contributed by atoms with Crippen LogP contribution in [0, 0.1) is 0 Å². The summed E-state index contributed by atoms with van der Waals surface area (Å²) in [5.41, 5.74) is 2.57. The van der Waals surface area contributed by atoms with Crippen molar-refractivity contribution in [3.05, 3.63) is 23.8 Å². The Morgan fingerprint density at radius 3 is 2.50 bits per heavy atom. The van der Waals surface area contributed by atoms with Crippen molar-refractivity contribution in [3.8, 4) is 5.75 Å². The van der Waals surface area contributed by atoms with Gasteiger partial charge in [0, 0.05) is 51.0 Å². The normalized spacial score (nSPS) is 20.3. The van der Waals surface area contributed by atoms with E-state index in [-0.39, 0.29) is 0 Å². The minimum atomic E-state index is 0.815. The van der Waals surface area contributed by atoms with E-state index >= 15 is 0 Å². The number of piperazine rings is 1. The zero-order valence-corrected chi connectivity index (χ0v) is 15.2. The number of methoxy groups -OCH3 is 1. The molecule has 2 aliphatic rings. The van der Waals surface area contributed by atoms with Crippen LogP contribution in [0.15, 0.2) is 18.2 Å². The van der Waals surface area contributed by atoms with Gasteiger partial charge in [0.05, 0.1) is 20.3 Å². The van der Waals surface area contributed by atoms with E-state index in [9.17, 15) is 0 Å². The summed E-state index contributed by atoms with van der Waals surface area (Å²) >= 11 is 0. The molecule has 0 radical (unpaired) electrons. The molecule has 0 spiro atoms. The fourth-order valence-electron chi connectivity index (χ4n) is 3.52. The molecule has 0 aromatic heterocycles. The van der Waals surface area contributed by atoms with Crippen LogP contribution in [0.25, 0.3) is 0 Å². The summed E-state index contributed by atoms with van der Waals surface area (Å²) in [5, 5.41) is 0. The molecule has 2 fully saturated rings. The lowest BCUT2D eigenvalue weighted by molar-refractivity contribution is 0.122. The lowest BCUT2D eigenvalue weighted by Crippen LogP contribution is -2.44. The van der Waals surface area contributed by atoms with Crippen molar-refractivity contribution in [2.75, 3.05) is 78.1 Å². The van der Waals surface area contributed by atoms with E-state index in [4.69, 9.17) is 9.47 Å². The highest BCUT2D eigenvalue weighted by Crippen LogP contribution is 2.27. The fourth-order valence-corrected chi connectivity index (χ4v) is 3.52. The summed E-state index contributed by atoms with van der Waals surface area (Å²) in [4.78, 5) is 7.36. The van der Waals surface area contributed by atoms with Crippen LogP contribution in [0.2, 0.25) is 0 Å². The number of hydrogen-bond acceptors (Lipinski definition) is 5. The van der Waals surface area contributed by atoms with Crippen molar-refractivity contribution in [1.29, 1.82) is 0 Å². The number of anilines is 1. The van der Waals surface area contributed by atoms with Crippen molar-refractivity contribution >= 4 is 5.69 Å². The molecule has 0 bridgehead atoms. The molecule has 0 atom stereocenters. The molecule has 1 aromatic rings. The highest BCUT2D eigenvalue weighted by Gasteiger charge is 2.15. The third-order valence-electron chi connectivity index (χ3n) is 5.16. The van der Waals surface area contributed by atoms with Gasteiger partial charge in [-0.3, -0.25) is 0 Å². The molecular formula is C19H31N3O2. The third kappa shape index (κ3) is 4.62. The van der Waals surface area contributed by atoms with E-state index in [1.165, 1.54) is 50.4 Å². The number of nitrogens with zero attached hydrogens (tertiary/aromatic N) is 3. The molecule has 5 heteroatoms. The summed E-state index contributed by atoms with van der Waals surface area (Å²) in [6.45, 7) is 9.52. The smallest absolute Gasteiger partial charge is 0.124 e. The van der Waals surface area contributed by atoms with Crippen LogP contribution in [0.5, 0.6) is 5.75 Å². The summed E-state index contributed by atoms with van der Waals surface area (Å²) < 4.78 is 11.1. The quantitative estimate of drug-likeness (QED) is 0.790. The van der Waals surface area contributed by atoms with Crippen molar-refractivity contribution in [2.45, 2.75) is 12.8 Å². The van der Waals surface area contributed by atoms with Crippen molar-refractivity contribution in [1.82, 2.24) is 9.80 Å². The van der Waals surface area contributed by atoms with Crippen LogP contribution < -0.4 is 9.64 Å². The average Bonchev–Trinajstić information content (AvgIpc) is 2.64. The molecule has 5 nitrogen and oxygen atoms in total. The first-order chi connectivity index (χ1) is 11.8. The van der Waals surface area contributed by atoms with Gasteiger partial charge in [-0.25, -0.2) is 0 Å². The van der Waals surface area contributed by atoms with Crippen LogP contribution in [0.1, 0.15) is 12.0 Å². The molecule has 0 unspecified atom stereocenters. The summed E-state index contributed by atoms with van der Waals surface area (Å²) in [7, 11) is 3.99. The van der Waals surface area contributed by atoms with E-state index in [0.29, 0.717) is 0 Å². The minimum absolute atomic E-state index is 0.815. The number of aryl methyl sites for hydroxylation is 1. The molecule has 2 aliphatic heterocycles. The average molecular weight is 333 g/mol. The highest BCUT2D eigenvalue weighted by atomic mass is 16.5. The number of hydrogen-bond donors (Lipinski definition) is 0. The second-order valence-corrected chi connectivity index (χ2v) is 6.84. The molecule has 24 heavy (non-hydrogen) atoms. The molecule has 0 N–H and O–H groups in total. The lowest BCUT2D eigenvalue weighted by atomic mass is 10.1. The van der Waals surface area contributed by atoms with Crippen molar-refractivity contribution < 1.29 is 9.47 Å². The summed E-state index contributed by atoms with van der Waals surface area (Å²) in [6, 6.07) is 6.67. The predicted molar refractivity (Wildman–Crippen MR) is 98.3 cm³/mol. The molecule has 2 saturated heterocycles. The van der Waals surface area contributed by atoms with Crippen LogP contribution >= 0.6 is 0 Å². The molecular weight excluding hydrogens is 302 g/mol. The largest absolute Gasteiger partial charge is 0.496 e. The van der Waals surface area contributed by atoms with Crippen LogP contribution in [0.4, 0.5) is 5.69 Å². The van der Waals surface area contributed by atoms with E-state index in [0.717, 1.165) is 38.5 Å². The van der Waals surface area contributed by atoms with Gasteiger partial charge in [0.15, 0.2) is 0 Å². The van der Waals surface area contributed by atoms with Crippen LogP contribution in [0.3, 0.4) is 0 Å². The van der Waals surface area contributed by atoms with Gasteiger partial charge in [0.2, 0.25) is 0 Å². The third-order valence-corrected chi connectivity index (χ3v) is 5.16. The summed E-state index contributed by atoms with van der Waals surface area (Å²) in [5.74, 6) is 1.03. The first kappa shape index (κ1) is 17.5. The fraction of sp³-hybridized carbons (Fsp3) is 0.684. The monoisotopic (exact) mass is 333 g/mol. The van der Waals surface area contributed by atoms with E-state index in [1.54, 1.807) is 7.11 Å². The van der Waals surface area contributed by atoms with Gasteiger partial charge < -0.3 is 24.2 Å². The predicted octanol–water partition coefficient (Wildman–Crippen LogP) is 1.71. The van der Waals surface area contributed by atoms with Gasteiger partial charge >= 0.3 is 0 Å². The Morgan fingerprint density at radius 2 is 1.79 bits per heavy atom. The maximum Gasteiger partial charge on any atom is 0.124 e. The SMILES string of the molecule is COc1cc(N2CCOCC2)ccc1CCCN1CCN(C)CC1. The highest BCUT2D eigenvalue weighted by molar-refractivity contribution is 5.54. The first-order valence-electron chi connectivity index (χ1n) is 9.17. The molecule has 0 aliphatic carbocycles. The Morgan fingerprint density at radius 1 is 1.04 bits per heavy atom. The zero-order valence-electron chi connectivity index (χ0n) is 15.2. The van der Waals surface area contributed by atoms with E-state index in [1.807, 2.05) is 0 Å². The number of benzene rings is 1. The summed E-state index contributed by atoms with van der Waals surface area (Å²) in [6.07, 6.45) is 2.27. The van der Waals surface area contributed by atoms with Gasteiger partial charge in [-0.15, -0.1) is 0 Å². The van der Waals surface area contributed by atoms with Gasteiger partial charge in [0.25, 0.3) is 0 Å². The Labute approximate surface area is 146 Å². The second kappa shape index (κ2) is 8.70.